The molecular formula is C15H21BrClNO2S. The molecule has 0 saturated carbocycles. The van der Waals surface area contributed by atoms with Gasteiger partial charge in [-0.1, -0.05) is 40.5 Å². The van der Waals surface area contributed by atoms with E-state index in [2.05, 4.69) is 28.2 Å². The minimum Gasteiger partial charge on any atom is -0.314 e. The number of benzene rings is 1. The molecule has 2 unspecified atom stereocenters. The molecule has 1 heterocycles. The van der Waals surface area contributed by atoms with Gasteiger partial charge in [-0.2, -0.15) is 0 Å². The first kappa shape index (κ1) is 17.3. The molecule has 6 heteroatoms. The zero-order valence-electron chi connectivity index (χ0n) is 12.1. The molecule has 1 fully saturated rings. The first-order valence-corrected chi connectivity index (χ1v) is 10.3. The van der Waals surface area contributed by atoms with E-state index in [1.54, 1.807) is 0 Å². The Labute approximate surface area is 140 Å². The Balaban J connectivity index is 2.02. The Hall–Kier alpha value is -0.100. The lowest BCUT2D eigenvalue weighted by atomic mass is 9.94. The molecular weight excluding hydrogens is 374 g/mol. The van der Waals surface area contributed by atoms with Gasteiger partial charge < -0.3 is 5.32 Å². The highest BCUT2D eigenvalue weighted by Gasteiger charge is 2.29. The SMILES string of the molecule is CCNC(Cc1ccc(Br)cc1Cl)CC1CCS(=O)(=O)C1. The molecule has 0 amide bonds. The van der Waals surface area contributed by atoms with E-state index in [9.17, 15) is 8.42 Å². The molecule has 1 aliphatic heterocycles. The fourth-order valence-corrected chi connectivity index (χ4v) is 5.57. The smallest absolute Gasteiger partial charge is 0.150 e. The standard InChI is InChI=1S/C15H21BrClNO2S/c1-2-18-14(7-11-5-6-21(19,20)10-11)8-12-3-4-13(16)9-15(12)17/h3-4,9,11,14,18H,2,5-8,10H2,1H3. The van der Waals surface area contributed by atoms with Crippen molar-refractivity contribution in [3.05, 3.63) is 33.3 Å². The Kier molecular flexibility index (Phi) is 6.12. The highest BCUT2D eigenvalue weighted by atomic mass is 79.9. The van der Waals surface area contributed by atoms with Crippen molar-refractivity contribution < 1.29 is 8.42 Å². The zero-order chi connectivity index (χ0) is 15.5. The van der Waals surface area contributed by atoms with Gasteiger partial charge in [0.05, 0.1) is 11.5 Å². The number of hydrogen-bond donors (Lipinski definition) is 1. The molecule has 3 nitrogen and oxygen atoms in total. The lowest BCUT2D eigenvalue weighted by Crippen LogP contribution is -2.33. The summed E-state index contributed by atoms with van der Waals surface area (Å²) in [5, 5.41) is 4.22. The maximum absolute atomic E-state index is 11.6. The summed E-state index contributed by atoms with van der Waals surface area (Å²) in [6.07, 6.45) is 2.51. The summed E-state index contributed by atoms with van der Waals surface area (Å²) in [7, 11) is -2.80. The van der Waals surface area contributed by atoms with Gasteiger partial charge in [0.15, 0.2) is 9.84 Å². The van der Waals surface area contributed by atoms with E-state index < -0.39 is 9.84 Å². The molecule has 0 aliphatic carbocycles. The van der Waals surface area contributed by atoms with Gasteiger partial charge in [-0.15, -0.1) is 0 Å². The van der Waals surface area contributed by atoms with Gasteiger partial charge in [0.25, 0.3) is 0 Å². The number of halogens is 2. The van der Waals surface area contributed by atoms with Crippen LogP contribution < -0.4 is 5.32 Å². The van der Waals surface area contributed by atoms with Crippen LogP contribution in [0.15, 0.2) is 22.7 Å². The topological polar surface area (TPSA) is 46.2 Å². The Morgan fingerprint density at radius 1 is 1.48 bits per heavy atom. The van der Waals surface area contributed by atoms with E-state index in [0.717, 1.165) is 40.9 Å². The van der Waals surface area contributed by atoms with Gasteiger partial charge in [-0.05, 0) is 49.4 Å². The number of likely N-dealkylation sites (N-methyl/N-ethyl adjacent to an activating group) is 1. The van der Waals surface area contributed by atoms with E-state index in [4.69, 9.17) is 11.6 Å². The monoisotopic (exact) mass is 393 g/mol. The molecule has 1 aromatic rings. The predicted octanol–water partition coefficient (Wildman–Crippen LogP) is 3.45. The van der Waals surface area contributed by atoms with E-state index in [-0.39, 0.29) is 12.0 Å². The van der Waals surface area contributed by atoms with Crippen LogP contribution in [0.4, 0.5) is 0 Å². The number of nitrogens with one attached hydrogen (secondary N) is 1. The molecule has 2 atom stereocenters. The van der Waals surface area contributed by atoms with E-state index in [0.29, 0.717) is 11.5 Å². The van der Waals surface area contributed by atoms with Crippen molar-refractivity contribution in [3.8, 4) is 0 Å². The average molecular weight is 395 g/mol. The van der Waals surface area contributed by atoms with E-state index in [1.165, 1.54) is 0 Å². The number of hydrogen-bond acceptors (Lipinski definition) is 3. The minimum atomic E-state index is -2.80. The third kappa shape index (κ3) is 5.23. The molecule has 1 aromatic carbocycles. The second kappa shape index (κ2) is 7.44. The number of rotatable bonds is 6. The zero-order valence-corrected chi connectivity index (χ0v) is 15.3. The summed E-state index contributed by atoms with van der Waals surface area (Å²) in [6.45, 7) is 2.94. The van der Waals surface area contributed by atoms with Crippen LogP contribution in [0.25, 0.3) is 0 Å². The van der Waals surface area contributed by atoms with Crippen LogP contribution in [0, 0.1) is 5.92 Å². The molecule has 1 aliphatic rings. The van der Waals surface area contributed by atoms with Crippen molar-refractivity contribution in [2.45, 2.75) is 32.2 Å². The molecule has 0 bridgehead atoms. The largest absolute Gasteiger partial charge is 0.314 e. The maximum atomic E-state index is 11.6. The highest BCUT2D eigenvalue weighted by molar-refractivity contribution is 9.10. The van der Waals surface area contributed by atoms with Gasteiger partial charge in [-0.25, -0.2) is 8.42 Å². The van der Waals surface area contributed by atoms with Crippen molar-refractivity contribution in [1.82, 2.24) is 5.32 Å². The van der Waals surface area contributed by atoms with Crippen molar-refractivity contribution >= 4 is 37.4 Å². The lowest BCUT2D eigenvalue weighted by molar-refractivity contribution is 0.409. The van der Waals surface area contributed by atoms with E-state index >= 15 is 0 Å². The van der Waals surface area contributed by atoms with Crippen LogP contribution in [0.5, 0.6) is 0 Å². The molecule has 118 valence electrons. The summed E-state index contributed by atoms with van der Waals surface area (Å²) < 4.78 is 24.1. The Morgan fingerprint density at radius 3 is 2.81 bits per heavy atom. The summed E-state index contributed by atoms with van der Waals surface area (Å²) in [5.74, 6) is 0.951. The lowest BCUT2D eigenvalue weighted by Gasteiger charge is -2.21. The van der Waals surface area contributed by atoms with Crippen LogP contribution in [0.3, 0.4) is 0 Å². The van der Waals surface area contributed by atoms with Crippen molar-refractivity contribution in [2.75, 3.05) is 18.1 Å². The Morgan fingerprint density at radius 2 is 2.24 bits per heavy atom. The minimum absolute atomic E-state index is 0.270. The van der Waals surface area contributed by atoms with Crippen molar-refractivity contribution in [2.24, 2.45) is 5.92 Å². The fourth-order valence-electron chi connectivity index (χ4n) is 2.94. The van der Waals surface area contributed by atoms with Gasteiger partial charge in [0.2, 0.25) is 0 Å². The summed E-state index contributed by atoms with van der Waals surface area (Å²) >= 11 is 9.69. The first-order valence-electron chi connectivity index (χ1n) is 7.27. The van der Waals surface area contributed by atoms with Crippen LogP contribution in [-0.4, -0.2) is 32.5 Å². The second-order valence-corrected chi connectivity index (χ2v) is 9.25. The van der Waals surface area contributed by atoms with Crippen LogP contribution >= 0.6 is 27.5 Å². The van der Waals surface area contributed by atoms with Gasteiger partial charge in [-0.3, -0.25) is 0 Å². The normalized spacial score (nSPS) is 22.3. The summed E-state index contributed by atoms with van der Waals surface area (Å²) in [6, 6.07) is 6.19. The quantitative estimate of drug-likeness (QED) is 0.804. The summed E-state index contributed by atoms with van der Waals surface area (Å²) in [4.78, 5) is 0. The third-order valence-corrected chi connectivity index (χ3v) is 6.60. The van der Waals surface area contributed by atoms with Crippen LogP contribution in [0.2, 0.25) is 5.02 Å². The average Bonchev–Trinajstić information content (AvgIpc) is 2.72. The molecule has 1 N–H and O–H groups in total. The predicted molar refractivity (Wildman–Crippen MR) is 91.7 cm³/mol. The van der Waals surface area contributed by atoms with Gasteiger partial charge >= 0.3 is 0 Å². The van der Waals surface area contributed by atoms with Crippen LogP contribution in [0.1, 0.15) is 25.3 Å². The second-order valence-electron chi connectivity index (χ2n) is 5.70. The van der Waals surface area contributed by atoms with Crippen LogP contribution in [-0.2, 0) is 16.3 Å². The van der Waals surface area contributed by atoms with Crippen molar-refractivity contribution in [1.29, 1.82) is 0 Å². The van der Waals surface area contributed by atoms with E-state index in [1.807, 2.05) is 18.2 Å². The fraction of sp³-hybridized carbons (Fsp3) is 0.600. The van der Waals surface area contributed by atoms with Gasteiger partial charge in [0.1, 0.15) is 0 Å². The van der Waals surface area contributed by atoms with Crippen molar-refractivity contribution in [3.63, 3.8) is 0 Å². The maximum Gasteiger partial charge on any atom is 0.150 e. The molecule has 0 aromatic heterocycles. The first-order chi connectivity index (χ1) is 9.89. The Bertz CT molecular complexity index is 591. The molecule has 0 radical (unpaired) electrons. The summed E-state index contributed by atoms with van der Waals surface area (Å²) in [5.41, 5.74) is 1.10. The third-order valence-electron chi connectivity index (χ3n) is 3.92. The highest BCUT2D eigenvalue weighted by Crippen LogP contribution is 2.27. The van der Waals surface area contributed by atoms with Gasteiger partial charge in [0, 0.05) is 15.5 Å². The molecule has 2 rings (SSSR count). The number of sulfone groups is 1. The molecule has 1 saturated heterocycles. The molecule has 21 heavy (non-hydrogen) atoms. The molecule has 0 spiro atoms.